The number of para-hydroxylation sites is 1. The van der Waals surface area contributed by atoms with Gasteiger partial charge in [0.2, 0.25) is 0 Å². The third-order valence-corrected chi connectivity index (χ3v) is 5.17. The van der Waals surface area contributed by atoms with Crippen LogP contribution in [-0.2, 0) is 17.9 Å². The van der Waals surface area contributed by atoms with Gasteiger partial charge in [0.25, 0.3) is 0 Å². The number of likely N-dealkylation sites (tertiary alicyclic amines) is 1. The average Bonchev–Trinajstić information content (AvgIpc) is 3.16. The predicted octanol–water partition coefficient (Wildman–Crippen LogP) is 3.43. The topological polar surface area (TPSA) is 59.4 Å². The highest BCUT2D eigenvalue weighted by atomic mass is 16.5. The summed E-state index contributed by atoms with van der Waals surface area (Å²) >= 11 is 0. The summed E-state index contributed by atoms with van der Waals surface area (Å²) in [4.78, 5) is 18.7. The van der Waals surface area contributed by atoms with Crippen LogP contribution in [0.3, 0.4) is 0 Å². The molecule has 4 rings (SSSR count). The van der Waals surface area contributed by atoms with Crippen molar-refractivity contribution in [2.24, 2.45) is 0 Å². The van der Waals surface area contributed by atoms with Crippen molar-refractivity contribution in [3.63, 3.8) is 0 Å². The molecule has 2 amide bonds. The summed E-state index contributed by atoms with van der Waals surface area (Å²) in [5, 5.41) is 4.27. The second kappa shape index (κ2) is 8.89. The Morgan fingerprint density at radius 1 is 1.18 bits per heavy atom. The number of hydrogen-bond donors (Lipinski definition) is 1. The highest BCUT2D eigenvalue weighted by molar-refractivity contribution is 5.80. The summed E-state index contributed by atoms with van der Waals surface area (Å²) < 4.78 is 8.14. The van der Waals surface area contributed by atoms with Crippen LogP contribution in [0.25, 0.3) is 10.9 Å². The molecule has 3 heterocycles. The zero-order valence-electron chi connectivity index (χ0n) is 16.0. The van der Waals surface area contributed by atoms with Crippen LogP contribution >= 0.6 is 0 Å². The maximum Gasteiger partial charge on any atom is 0.317 e. The maximum absolute atomic E-state index is 12.5. The third-order valence-electron chi connectivity index (χ3n) is 5.17. The van der Waals surface area contributed by atoms with Gasteiger partial charge in [-0.2, -0.15) is 0 Å². The largest absolute Gasteiger partial charge is 0.370 e. The van der Waals surface area contributed by atoms with Crippen LogP contribution in [-0.4, -0.2) is 46.2 Å². The van der Waals surface area contributed by atoms with Gasteiger partial charge in [0.05, 0.1) is 18.4 Å². The van der Waals surface area contributed by atoms with E-state index >= 15 is 0 Å². The zero-order valence-corrected chi connectivity index (χ0v) is 16.0. The Bertz CT molecular complexity index is 909. The molecule has 1 aliphatic rings. The number of urea groups is 1. The minimum absolute atomic E-state index is 0.0115. The van der Waals surface area contributed by atoms with Crippen LogP contribution < -0.4 is 5.32 Å². The lowest BCUT2D eigenvalue weighted by atomic mass is 10.1. The number of fused-ring (bicyclic) bond motifs is 1. The fraction of sp³-hybridized carbons (Fsp3) is 0.364. The molecule has 0 bridgehead atoms. The van der Waals surface area contributed by atoms with Gasteiger partial charge in [0.1, 0.15) is 0 Å². The summed E-state index contributed by atoms with van der Waals surface area (Å²) in [6.07, 6.45) is 5.84. The smallest absolute Gasteiger partial charge is 0.317 e. The van der Waals surface area contributed by atoms with Crippen molar-refractivity contribution in [2.75, 3.05) is 19.6 Å². The standard InChI is InChI=1S/C22H26N4O2/c27-22(24-12-15-25-14-10-18-6-1-2-9-21(18)25)26-13-5-8-20(16-26)28-17-19-7-3-4-11-23-19/h1-4,6-7,9-11,14,20H,5,8,12-13,15-17H2,(H,24,27)/t20-/m1/s1. The first-order valence-corrected chi connectivity index (χ1v) is 9.88. The monoisotopic (exact) mass is 378 g/mol. The normalized spacial score (nSPS) is 17.0. The van der Waals surface area contributed by atoms with Crippen LogP contribution in [0.15, 0.2) is 60.9 Å². The maximum atomic E-state index is 12.5. The van der Waals surface area contributed by atoms with Crippen molar-refractivity contribution in [3.05, 3.63) is 66.6 Å². The quantitative estimate of drug-likeness (QED) is 0.715. The van der Waals surface area contributed by atoms with Crippen LogP contribution in [0, 0.1) is 0 Å². The molecule has 1 atom stereocenters. The molecule has 6 nitrogen and oxygen atoms in total. The summed E-state index contributed by atoms with van der Waals surface area (Å²) in [6, 6.07) is 16.2. The first-order valence-electron chi connectivity index (χ1n) is 9.88. The molecule has 1 fully saturated rings. The number of amides is 2. The Kier molecular flexibility index (Phi) is 5.87. The second-order valence-electron chi connectivity index (χ2n) is 7.14. The number of carbonyl (C=O) groups excluding carboxylic acids is 1. The van der Waals surface area contributed by atoms with E-state index in [1.807, 2.05) is 35.2 Å². The molecule has 146 valence electrons. The van der Waals surface area contributed by atoms with Gasteiger partial charge >= 0.3 is 6.03 Å². The number of piperidine rings is 1. The van der Waals surface area contributed by atoms with Gasteiger partial charge in [-0.25, -0.2) is 4.79 Å². The molecule has 0 aliphatic carbocycles. The SMILES string of the molecule is O=C(NCCn1ccc2ccccc21)N1CCC[C@@H](OCc2ccccn2)C1. The fourth-order valence-corrected chi connectivity index (χ4v) is 3.68. The van der Waals surface area contributed by atoms with Gasteiger partial charge in [-0.15, -0.1) is 0 Å². The Hall–Kier alpha value is -2.86. The van der Waals surface area contributed by atoms with E-state index in [0.717, 1.165) is 31.6 Å². The predicted molar refractivity (Wildman–Crippen MR) is 109 cm³/mol. The molecule has 6 heteroatoms. The molecule has 28 heavy (non-hydrogen) atoms. The Balaban J connectivity index is 1.24. The number of rotatable bonds is 6. The van der Waals surface area contributed by atoms with Crippen LogP contribution in [0.1, 0.15) is 18.5 Å². The number of benzene rings is 1. The van der Waals surface area contributed by atoms with E-state index in [0.29, 0.717) is 19.7 Å². The molecule has 1 N–H and O–H groups in total. The number of ether oxygens (including phenoxy) is 1. The second-order valence-corrected chi connectivity index (χ2v) is 7.14. The summed E-state index contributed by atoms with van der Waals surface area (Å²) in [6.45, 7) is 3.26. The Morgan fingerprint density at radius 2 is 2.07 bits per heavy atom. The molecule has 2 aromatic heterocycles. The van der Waals surface area contributed by atoms with Gasteiger partial charge in [0.15, 0.2) is 0 Å². The first-order chi connectivity index (χ1) is 13.8. The molecule has 0 radical (unpaired) electrons. The molecule has 0 saturated carbocycles. The number of nitrogens with zero attached hydrogens (tertiary/aromatic N) is 3. The van der Waals surface area contributed by atoms with Crippen LogP contribution in [0.5, 0.6) is 0 Å². The van der Waals surface area contributed by atoms with E-state index in [4.69, 9.17) is 4.74 Å². The number of pyridine rings is 1. The van der Waals surface area contributed by atoms with E-state index in [9.17, 15) is 4.79 Å². The molecule has 0 unspecified atom stereocenters. The van der Waals surface area contributed by atoms with Gasteiger partial charge in [0, 0.05) is 44.1 Å². The lowest BCUT2D eigenvalue weighted by Gasteiger charge is -2.32. The van der Waals surface area contributed by atoms with Gasteiger partial charge < -0.3 is 19.5 Å². The van der Waals surface area contributed by atoms with E-state index in [1.165, 1.54) is 10.9 Å². The number of hydrogen-bond acceptors (Lipinski definition) is 3. The number of nitrogens with one attached hydrogen (secondary N) is 1. The molecule has 0 spiro atoms. The first kappa shape index (κ1) is 18.5. The molecule has 3 aromatic rings. The van der Waals surface area contributed by atoms with E-state index in [2.05, 4.69) is 39.3 Å². The highest BCUT2D eigenvalue weighted by Crippen LogP contribution is 2.16. The van der Waals surface area contributed by atoms with Crippen molar-refractivity contribution in [1.29, 1.82) is 0 Å². The number of carbonyl (C=O) groups is 1. The zero-order chi connectivity index (χ0) is 19.2. The van der Waals surface area contributed by atoms with E-state index < -0.39 is 0 Å². The van der Waals surface area contributed by atoms with Crippen LogP contribution in [0.4, 0.5) is 4.79 Å². The highest BCUT2D eigenvalue weighted by Gasteiger charge is 2.24. The van der Waals surface area contributed by atoms with Crippen molar-refractivity contribution >= 4 is 16.9 Å². The fourth-order valence-electron chi connectivity index (χ4n) is 3.68. The molecular formula is C22H26N4O2. The lowest BCUT2D eigenvalue weighted by Crippen LogP contribution is -2.48. The van der Waals surface area contributed by atoms with Crippen molar-refractivity contribution in [2.45, 2.75) is 32.1 Å². The molecule has 1 saturated heterocycles. The van der Waals surface area contributed by atoms with Crippen molar-refractivity contribution in [1.82, 2.24) is 19.8 Å². The average molecular weight is 378 g/mol. The van der Waals surface area contributed by atoms with Crippen molar-refractivity contribution in [3.8, 4) is 0 Å². The Morgan fingerprint density at radius 3 is 2.96 bits per heavy atom. The summed E-state index contributed by atoms with van der Waals surface area (Å²) in [7, 11) is 0. The summed E-state index contributed by atoms with van der Waals surface area (Å²) in [5.74, 6) is 0. The van der Waals surface area contributed by atoms with E-state index in [-0.39, 0.29) is 12.1 Å². The minimum atomic E-state index is -0.0115. The lowest BCUT2D eigenvalue weighted by molar-refractivity contribution is -0.00164. The minimum Gasteiger partial charge on any atom is -0.370 e. The molecule has 1 aromatic carbocycles. The van der Waals surface area contributed by atoms with Gasteiger partial charge in [-0.05, 0) is 42.5 Å². The van der Waals surface area contributed by atoms with Gasteiger partial charge in [-0.1, -0.05) is 24.3 Å². The molecule has 1 aliphatic heterocycles. The Labute approximate surface area is 165 Å². The molecular weight excluding hydrogens is 352 g/mol. The van der Waals surface area contributed by atoms with Crippen molar-refractivity contribution < 1.29 is 9.53 Å². The van der Waals surface area contributed by atoms with Gasteiger partial charge in [-0.3, -0.25) is 4.98 Å². The van der Waals surface area contributed by atoms with Crippen LogP contribution in [0.2, 0.25) is 0 Å². The van der Waals surface area contributed by atoms with E-state index in [1.54, 1.807) is 6.20 Å². The number of aromatic nitrogens is 2. The third kappa shape index (κ3) is 4.51. The summed E-state index contributed by atoms with van der Waals surface area (Å²) in [5.41, 5.74) is 2.11.